The first-order chi connectivity index (χ1) is 13.0. The summed E-state index contributed by atoms with van der Waals surface area (Å²) in [7, 11) is 1.65. The van der Waals surface area contributed by atoms with Crippen LogP contribution in [0.15, 0.2) is 24.3 Å². The van der Waals surface area contributed by atoms with E-state index in [4.69, 9.17) is 28.4 Å². The average molecular weight is 385 g/mol. The summed E-state index contributed by atoms with van der Waals surface area (Å²) in [6, 6.07) is 8.23. The molecule has 0 saturated heterocycles. The summed E-state index contributed by atoms with van der Waals surface area (Å²) in [6.07, 6.45) is 0. The predicted molar refractivity (Wildman–Crippen MR) is 106 cm³/mol. The lowest BCUT2D eigenvalue weighted by atomic mass is 9.87. The van der Waals surface area contributed by atoms with Crippen molar-refractivity contribution in [2.75, 3.05) is 73.2 Å². The summed E-state index contributed by atoms with van der Waals surface area (Å²) < 4.78 is 32.2. The van der Waals surface area contributed by atoms with Gasteiger partial charge in [0, 0.05) is 7.11 Å². The fraction of sp³-hybridized carbons (Fsp3) is 0.714. The minimum Gasteiger partial charge on any atom is -0.491 e. The van der Waals surface area contributed by atoms with E-state index in [1.54, 1.807) is 7.11 Å². The molecule has 0 spiro atoms. The molecule has 0 radical (unpaired) electrons. The molecule has 0 heterocycles. The molecule has 0 bridgehead atoms. The van der Waals surface area contributed by atoms with Gasteiger partial charge in [-0.15, -0.1) is 0 Å². The van der Waals surface area contributed by atoms with Crippen LogP contribution in [0.3, 0.4) is 0 Å². The van der Waals surface area contributed by atoms with Crippen LogP contribution in [0.4, 0.5) is 0 Å². The van der Waals surface area contributed by atoms with Crippen molar-refractivity contribution in [1.82, 2.24) is 0 Å². The van der Waals surface area contributed by atoms with Gasteiger partial charge in [-0.05, 0) is 23.1 Å². The monoisotopic (exact) mass is 384 g/mol. The Kier molecular flexibility index (Phi) is 13.1. The molecule has 1 aromatic carbocycles. The van der Waals surface area contributed by atoms with E-state index >= 15 is 0 Å². The summed E-state index contributed by atoms with van der Waals surface area (Å²) in [5.74, 6) is 0.867. The first-order valence-electron chi connectivity index (χ1n) is 9.57. The molecule has 156 valence electrons. The van der Waals surface area contributed by atoms with Crippen molar-refractivity contribution in [3.63, 3.8) is 0 Å². The summed E-state index contributed by atoms with van der Waals surface area (Å²) in [4.78, 5) is 0. The number of methoxy groups -OCH3 is 1. The van der Waals surface area contributed by atoms with Crippen LogP contribution in [0, 0.1) is 0 Å². The number of ether oxygens (including phenoxy) is 6. The molecule has 1 aromatic rings. The van der Waals surface area contributed by atoms with Crippen LogP contribution >= 0.6 is 0 Å². The highest BCUT2D eigenvalue weighted by atomic mass is 16.6. The maximum Gasteiger partial charge on any atom is 0.119 e. The maximum atomic E-state index is 5.68. The molecule has 0 saturated carbocycles. The number of hydrogen-bond acceptors (Lipinski definition) is 6. The van der Waals surface area contributed by atoms with Crippen molar-refractivity contribution in [3.05, 3.63) is 29.8 Å². The number of rotatable bonds is 16. The highest BCUT2D eigenvalue weighted by Crippen LogP contribution is 2.24. The quantitative estimate of drug-likeness (QED) is 0.408. The van der Waals surface area contributed by atoms with Gasteiger partial charge in [-0.3, -0.25) is 0 Å². The van der Waals surface area contributed by atoms with Crippen molar-refractivity contribution in [2.24, 2.45) is 0 Å². The van der Waals surface area contributed by atoms with Gasteiger partial charge in [0.05, 0.1) is 59.5 Å². The van der Waals surface area contributed by atoms with Crippen molar-refractivity contribution in [3.8, 4) is 5.75 Å². The Morgan fingerprint density at radius 3 is 1.41 bits per heavy atom. The summed E-state index contributed by atoms with van der Waals surface area (Å²) in [5.41, 5.74) is 1.45. The van der Waals surface area contributed by atoms with Crippen LogP contribution in [0.5, 0.6) is 5.75 Å². The first kappa shape index (κ1) is 23.9. The maximum absolute atomic E-state index is 5.68. The zero-order valence-corrected chi connectivity index (χ0v) is 17.3. The van der Waals surface area contributed by atoms with Gasteiger partial charge in [-0.1, -0.05) is 32.9 Å². The molecule has 6 nitrogen and oxygen atoms in total. The molecule has 1 rings (SSSR count). The predicted octanol–water partition coefficient (Wildman–Crippen LogP) is 3.08. The summed E-state index contributed by atoms with van der Waals surface area (Å²) in [6.45, 7) is 12.2. The van der Waals surface area contributed by atoms with Gasteiger partial charge < -0.3 is 28.4 Å². The average Bonchev–Trinajstić information content (AvgIpc) is 2.64. The van der Waals surface area contributed by atoms with Gasteiger partial charge in [-0.25, -0.2) is 0 Å². The van der Waals surface area contributed by atoms with Crippen LogP contribution in [0.25, 0.3) is 0 Å². The largest absolute Gasteiger partial charge is 0.491 e. The van der Waals surface area contributed by atoms with Crippen LogP contribution in [-0.2, 0) is 29.1 Å². The van der Waals surface area contributed by atoms with E-state index in [0.717, 1.165) is 5.75 Å². The minimum atomic E-state index is 0.157. The van der Waals surface area contributed by atoms with Crippen LogP contribution in [-0.4, -0.2) is 73.2 Å². The van der Waals surface area contributed by atoms with Crippen molar-refractivity contribution >= 4 is 0 Å². The van der Waals surface area contributed by atoms with E-state index in [9.17, 15) is 0 Å². The van der Waals surface area contributed by atoms with Gasteiger partial charge in [0.1, 0.15) is 12.4 Å². The standard InChI is InChI=1S/C21H36O6/c1-21(2,3)19-5-7-20(8-6-19)27-18-17-26-16-15-25-14-13-24-12-11-23-10-9-22-4/h5-8H,9-18H2,1-4H3. The molecule has 0 unspecified atom stereocenters. The van der Waals surface area contributed by atoms with Crippen molar-refractivity contribution in [2.45, 2.75) is 26.2 Å². The van der Waals surface area contributed by atoms with Gasteiger partial charge in [0.2, 0.25) is 0 Å². The lowest BCUT2D eigenvalue weighted by molar-refractivity contribution is -0.00978. The Labute approximate surface area is 164 Å². The SMILES string of the molecule is COCCOCCOCCOCCOCCOc1ccc(C(C)(C)C)cc1. The minimum absolute atomic E-state index is 0.157. The molecule has 0 aromatic heterocycles. The Morgan fingerprint density at radius 2 is 1.00 bits per heavy atom. The van der Waals surface area contributed by atoms with Crippen molar-refractivity contribution in [1.29, 1.82) is 0 Å². The molecular weight excluding hydrogens is 348 g/mol. The Bertz CT molecular complexity index is 455. The smallest absolute Gasteiger partial charge is 0.119 e. The third-order valence-corrected chi connectivity index (χ3v) is 3.76. The zero-order valence-electron chi connectivity index (χ0n) is 17.3. The Balaban J connectivity index is 1.87. The van der Waals surface area contributed by atoms with E-state index in [0.29, 0.717) is 66.1 Å². The van der Waals surface area contributed by atoms with E-state index in [-0.39, 0.29) is 5.41 Å². The molecule has 0 aliphatic carbocycles. The fourth-order valence-corrected chi connectivity index (χ4v) is 2.17. The van der Waals surface area contributed by atoms with Gasteiger partial charge in [0.15, 0.2) is 0 Å². The van der Waals surface area contributed by atoms with E-state index in [1.807, 2.05) is 12.1 Å². The van der Waals surface area contributed by atoms with Gasteiger partial charge >= 0.3 is 0 Å². The molecular formula is C21H36O6. The van der Waals surface area contributed by atoms with Crippen LogP contribution < -0.4 is 4.74 Å². The van der Waals surface area contributed by atoms with Crippen LogP contribution in [0.2, 0.25) is 0 Å². The molecule has 6 heteroatoms. The molecule has 0 aliphatic rings. The third-order valence-electron chi connectivity index (χ3n) is 3.76. The molecule has 0 aliphatic heterocycles. The lowest BCUT2D eigenvalue weighted by Gasteiger charge is -2.19. The molecule has 0 fully saturated rings. The van der Waals surface area contributed by atoms with E-state index in [2.05, 4.69) is 32.9 Å². The van der Waals surface area contributed by atoms with Crippen molar-refractivity contribution < 1.29 is 28.4 Å². The van der Waals surface area contributed by atoms with E-state index in [1.165, 1.54) is 5.56 Å². The summed E-state index contributed by atoms with van der Waals surface area (Å²) in [5, 5.41) is 0. The third kappa shape index (κ3) is 12.8. The van der Waals surface area contributed by atoms with Crippen LogP contribution in [0.1, 0.15) is 26.3 Å². The summed E-state index contributed by atoms with van der Waals surface area (Å²) >= 11 is 0. The Hall–Kier alpha value is -1.18. The molecule has 0 amide bonds. The lowest BCUT2D eigenvalue weighted by Crippen LogP contribution is -2.14. The molecule has 0 atom stereocenters. The molecule has 27 heavy (non-hydrogen) atoms. The number of hydrogen-bond donors (Lipinski definition) is 0. The molecule has 0 N–H and O–H groups in total. The zero-order chi connectivity index (χ0) is 19.8. The fourth-order valence-electron chi connectivity index (χ4n) is 2.17. The second-order valence-corrected chi connectivity index (χ2v) is 7.07. The van der Waals surface area contributed by atoms with Gasteiger partial charge in [0.25, 0.3) is 0 Å². The highest BCUT2D eigenvalue weighted by Gasteiger charge is 2.12. The van der Waals surface area contributed by atoms with Gasteiger partial charge in [-0.2, -0.15) is 0 Å². The first-order valence-corrected chi connectivity index (χ1v) is 9.57. The normalized spacial score (nSPS) is 11.7. The van der Waals surface area contributed by atoms with E-state index < -0.39 is 0 Å². The topological polar surface area (TPSA) is 55.4 Å². The second kappa shape index (κ2) is 14.8. The second-order valence-electron chi connectivity index (χ2n) is 7.07. The Morgan fingerprint density at radius 1 is 0.593 bits per heavy atom. The number of benzene rings is 1. The highest BCUT2D eigenvalue weighted by molar-refractivity contribution is 5.31.